The number of rotatable bonds is 5. The second-order valence-corrected chi connectivity index (χ2v) is 3.82. The van der Waals surface area contributed by atoms with Gasteiger partial charge in [0, 0.05) is 13.2 Å². The van der Waals surface area contributed by atoms with Crippen molar-refractivity contribution in [3.63, 3.8) is 0 Å². The molecule has 0 unspecified atom stereocenters. The van der Waals surface area contributed by atoms with Crippen LogP contribution in [0.25, 0.3) is 0 Å². The van der Waals surface area contributed by atoms with Crippen LogP contribution >= 0.6 is 0 Å². The van der Waals surface area contributed by atoms with Crippen LogP contribution in [0.5, 0.6) is 0 Å². The molecule has 1 rings (SSSR count). The van der Waals surface area contributed by atoms with Crippen molar-refractivity contribution in [3.8, 4) is 12.1 Å². The average Bonchev–Trinajstić information content (AvgIpc) is 2.47. The van der Waals surface area contributed by atoms with Crippen LogP contribution in [-0.2, 0) is 9.53 Å². The van der Waals surface area contributed by atoms with Gasteiger partial charge in [0.1, 0.15) is 23.5 Å². The third kappa shape index (κ3) is 3.95. The van der Waals surface area contributed by atoms with Crippen molar-refractivity contribution in [2.45, 2.75) is 6.92 Å². The summed E-state index contributed by atoms with van der Waals surface area (Å²) >= 11 is 0. The maximum atomic E-state index is 13.5. The highest BCUT2D eigenvalue weighted by molar-refractivity contribution is 5.92. The summed E-state index contributed by atoms with van der Waals surface area (Å²) in [5, 5.41) is 19.1. The molecule has 0 saturated heterocycles. The van der Waals surface area contributed by atoms with Gasteiger partial charge in [0.05, 0.1) is 12.3 Å². The monoisotopic (exact) mass is 288 g/mol. The number of hydrogen-bond acceptors (Lipinski definition) is 6. The van der Waals surface area contributed by atoms with E-state index in [4.69, 9.17) is 15.3 Å². The van der Waals surface area contributed by atoms with Crippen LogP contribution in [-0.4, -0.2) is 19.6 Å². The summed E-state index contributed by atoms with van der Waals surface area (Å²) in [7, 11) is 1.52. The van der Waals surface area contributed by atoms with Crippen LogP contribution in [0.4, 0.5) is 10.1 Å². The van der Waals surface area contributed by atoms with Gasteiger partial charge in [-0.15, -0.1) is 0 Å². The lowest BCUT2D eigenvalue weighted by Crippen LogP contribution is -2.31. The lowest BCUT2D eigenvalue weighted by molar-refractivity contribution is -0.138. The van der Waals surface area contributed by atoms with Crippen molar-refractivity contribution in [2.75, 3.05) is 18.7 Å². The van der Waals surface area contributed by atoms with E-state index in [1.165, 1.54) is 30.3 Å². The highest BCUT2D eigenvalue weighted by Gasteiger charge is 2.13. The minimum Gasteiger partial charge on any atom is -0.462 e. The van der Waals surface area contributed by atoms with Gasteiger partial charge in [-0.25, -0.2) is 9.18 Å². The molecule has 0 bridgehead atoms. The van der Waals surface area contributed by atoms with Gasteiger partial charge in [-0.2, -0.15) is 10.5 Å². The molecule has 0 aliphatic heterocycles. The molecule has 1 aromatic rings. The Morgan fingerprint density at radius 3 is 2.81 bits per heavy atom. The summed E-state index contributed by atoms with van der Waals surface area (Å²) in [6.07, 6.45) is 1.13. The number of anilines is 1. The highest BCUT2D eigenvalue weighted by Crippen LogP contribution is 2.20. The Morgan fingerprint density at radius 2 is 2.24 bits per heavy atom. The smallest absolute Gasteiger partial charge is 0.350 e. The van der Waals surface area contributed by atoms with E-state index in [2.05, 4.69) is 5.43 Å². The van der Waals surface area contributed by atoms with E-state index in [1.54, 1.807) is 19.1 Å². The van der Waals surface area contributed by atoms with Crippen molar-refractivity contribution in [1.29, 1.82) is 10.5 Å². The van der Waals surface area contributed by atoms with Crippen molar-refractivity contribution < 1.29 is 13.9 Å². The maximum Gasteiger partial charge on any atom is 0.350 e. The van der Waals surface area contributed by atoms with Gasteiger partial charge in [0.2, 0.25) is 0 Å². The first-order valence-corrected chi connectivity index (χ1v) is 6.01. The molecule has 0 fully saturated rings. The number of ether oxygens (including phenoxy) is 1. The fourth-order valence-electron chi connectivity index (χ4n) is 1.48. The van der Waals surface area contributed by atoms with E-state index in [0.29, 0.717) is 0 Å². The number of hydrazine groups is 1. The number of esters is 1. The van der Waals surface area contributed by atoms with Crippen molar-refractivity contribution >= 4 is 11.7 Å². The minimum atomic E-state index is -0.763. The summed E-state index contributed by atoms with van der Waals surface area (Å²) in [4.78, 5) is 11.4. The predicted octanol–water partition coefficient (Wildman–Crippen LogP) is 1.61. The Bertz CT molecular complexity index is 643. The van der Waals surface area contributed by atoms with Crippen LogP contribution in [0.15, 0.2) is 30.0 Å². The molecule has 0 radical (unpaired) electrons. The highest BCUT2D eigenvalue weighted by atomic mass is 19.1. The van der Waals surface area contributed by atoms with Crippen LogP contribution in [0.3, 0.4) is 0 Å². The zero-order valence-electron chi connectivity index (χ0n) is 11.6. The molecule has 0 aliphatic rings. The first kappa shape index (κ1) is 16.0. The molecule has 0 saturated carbocycles. The lowest BCUT2D eigenvalue weighted by atomic mass is 10.2. The molecular formula is C14H13FN4O2. The predicted molar refractivity (Wildman–Crippen MR) is 73.0 cm³/mol. The summed E-state index contributed by atoms with van der Waals surface area (Å²) in [6.45, 7) is 1.77. The lowest BCUT2D eigenvalue weighted by Gasteiger charge is -2.20. The van der Waals surface area contributed by atoms with Crippen LogP contribution in [0, 0.1) is 28.5 Å². The second kappa shape index (κ2) is 7.51. The molecular weight excluding hydrogens is 275 g/mol. The van der Waals surface area contributed by atoms with E-state index in [-0.39, 0.29) is 23.4 Å². The summed E-state index contributed by atoms with van der Waals surface area (Å²) < 4.78 is 18.2. The Hall–Kier alpha value is -3.06. The molecule has 0 amide bonds. The Labute approximate surface area is 121 Å². The SMILES string of the molecule is CCOC(=O)C(C#N)=CNN(C)c1cccc(F)c1C#N. The molecule has 0 heterocycles. The fourth-order valence-corrected chi connectivity index (χ4v) is 1.48. The van der Waals surface area contributed by atoms with Gasteiger partial charge >= 0.3 is 5.97 Å². The zero-order valence-corrected chi connectivity index (χ0v) is 11.6. The summed E-state index contributed by atoms with van der Waals surface area (Å²) in [6, 6.07) is 7.59. The van der Waals surface area contributed by atoms with E-state index in [0.717, 1.165) is 6.20 Å². The van der Waals surface area contributed by atoms with E-state index in [1.807, 2.05) is 0 Å². The van der Waals surface area contributed by atoms with Crippen LogP contribution in [0.2, 0.25) is 0 Å². The number of nitriles is 2. The van der Waals surface area contributed by atoms with Gasteiger partial charge in [0.15, 0.2) is 5.57 Å². The quantitative estimate of drug-likeness (QED) is 0.383. The summed E-state index contributed by atoms with van der Waals surface area (Å²) in [5.74, 6) is -1.42. The number of benzene rings is 1. The molecule has 0 aliphatic carbocycles. The topological polar surface area (TPSA) is 89.2 Å². The van der Waals surface area contributed by atoms with E-state index < -0.39 is 11.8 Å². The molecule has 0 atom stereocenters. The van der Waals surface area contributed by atoms with Gasteiger partial charge in [-0.3, -0.25) is 5.01 Å². The molecule has 1 N–H and O–H groups in total. The number of carbonyl (C=O) groups excluding carboxylic acids is 1. The van der Waals surface area contributed by atoms with Crippen LogP contribution < -0.4 is 10.4 Å². The standard InChI is InChI=1S/C14H13FN4O2/c1-3-21-14(20)10(7-16)9-18-19(2)13-6-4-5-12(15)11(13)8-17/h4-6,9,18H,3H2,1-2H3. The number of nitrogens with zero attached hydrogens (tertiary/aromatic N) is 3. The second-order valence-electron chi connectivity index (χ2n) is 3.82. The Kier molecular flexibility index (Phi) is 5.72. The van der Waals surface area contributed by atoms with Gasteiger partial charge < -0.3 is 10.2 Å². The molecule has 0 aromatic heterocycles. The first-order chi connectivity index (χ1) is 10.0. The zero-order chi connectivity index (χ0) is 15.8. The Balaban J connectivity index is 2.95. The number of carbonyl (C=O) groups is 1. The number of hydrogen-bond donors (Lipinski definition) is 1. The molecule has 108 valence electrons. The third-order valence-corrected chi connectivity index (χ3v) is 2.48. The largest absolute Gasteiger partial charge is 0.462 e. The van der Waals surface area contributed by atoms with E-state index >= 15 is 0 Å². The summed E-state index contributed by atoms with van der Waals surface area (Å²) in [5.41, 5.74) is 2.51. The van der Waals surface area contributed by atoms with Crippen LogP contribution in [0.1, 0.15) is 12.5 Å². The first-order valence-electron chi connectivity index (χ1n) is 6.01. The molecule has 7 heteroatoms. The average molecular weight is 288 g/mol. The Morgan fingerprint density at radius 1 is 1.52 bits per heavy atom. The van der Waals surface area contributed by atoms with Gasteiger partial charge in [0.25, 0.3) is 0 Å². The van der Waals surface area contributed by atoms with Crippen molar-refractivity contribution in [2.24, 2.45) is 0 Å². The van der Waals surface area contributed by atoms with Gasteiger partial charge in [-0.1, -0.05) is 6.07 Å². The number of halogens is 1. The number of nitrogens with one attached hydrogen (secondary N) is 1. The van der Waals surface area contributed by atoms with Crippen molar-refractivity contribution in [3.05, 3.63) is 41.4 Å². The third-order valence-electron chi connectivity index (χ3n) is 2.48. The molecule has 21 heavy (non-hydrogen) atoms. The normalized spacial score (nSPS) is 10.2. The molecule has 6 nitrogen and oxygen atoms in total. The molecule has 0 spiro atoms. The molecule has 1 aromatic carbocycles. The minimum absolute atomic E-state index is 0.143. The fraction of sp³-hybridized carbons (Fsp3) is 0.214. The van der Waals surface area contributed by atoms with E-state index in [9.17, 15) is 9.18 Å². The van der Waals surface area contributed by atoms with Crippen molar-refractivity contribution in [1.82, 2.24) is 5.43 Å². The maximum absolute atomic E-state index is 13.5. The van der Waals surface area contributed by atoms with Gasteiger partial charge in [-0.05, 0) is 19.1 Å².